The van der Waals surface area contributed by atoms with E-state index >= 15 is 0 Å². The summed E-state index contributed by atoms with van der Waals surface area (Å²) in [5.74, 6) is 1.23. The van der Waals surface area contributed by atoms with E-state index in [0.717, 1.165) is 38.3 Å². The third-order valence-electron chi connectivity index (χ3n) is 5.51. The van der Waals surface area contributed by atoms with Crippen LogP contribution in [0.2, 0.25) is 0 Å². The predicted molar refractivity (Wildman–Crippen MR) is 86.2 cm³/mol. The number of ether oxygens (including phenoxy) is 1. The fourth-order valence-corrected chi connectivity index (χ4v) is 4.35. The normalized spacial score (nSPS) is 27.8. The van der Waals surface area contributed by atoms with E-state index in [1.165, 1.54) is 57.8 Å². The lowest BCUT2D eigenvalue weighted by Crippen LogP contribution is -2.32. The molecule has 2 saturated carbocycles. The van der Waals surface area contributed by atoms with Gasteiger partial charge < -0.3 is 10.1 Å². The molecule has 2 fully saturated rings. The Kier molecular flexibility index (Phi) is 7.01. The van der Waals surface area contributed by atoms with Gasteiger partial charge in [-0.2, -0.15) is 0 Å². The molecular weight excluding hydrogens is 262 g/mol. The van der Waals surface area contributed by atoms with Crippen LogP contribution in [-0.2, 0) is 9.53 Å². The van der Waals surface area contributed by atoms with Gasteiger partial charge in [0.25, 0.3) is 0 Å². The number of unbranched alkanes of at least 4 members (excludes halogenated alkanes) is 4. The quantitative estimate of drug-likeness (QED) is 0.617. The molecule has 3 nitrogen and oxygen atoms in total. The highest BCUT2D eigenvalue weighted by atomic mass is 16.5. The average Bonchev–Trinajstić information content (AvgIpc) is 2.76. The van der Waals surface area contributed by atoms with Crippen molar-refractivity contribution in [2.45, 2.75) is 77.0 Å². The van der Waals surface area contributed by atoms with Crippen molar-refractivity contribution in [2.24, 2.45) is 11.3 Å². The zero-order valence-electron chi connectivity index (χ0n) is 13.8. The monoisotopic (exact) mass is 295 g/mol. The number of fused-ring (bicyclic) bond motifs is 2. The van der Waals surface area contributed by atoms with E-state index in [0.29, 0.717) is 11.3 Å². The molecule has 2 aliphatic rings. The van der Waals surface area contributed by atoms with Gasteiger partial charge in [-0.1, -0.05) is 32.1 Å². The third kappa shape index (κ3) is 5.61. The van der Waals surface area contributed by atoms with Crippen molar-refractivity contribution < 1.29 is 9.53 Å². The molecule has 1 N–H and O–H groups in total. The lowest BCUT2D eigenvalue weighted by Gasteiger charge is -2.32. The maximum Gasteiger partial charge on any atom is 0.220 e. The van der Waals surface area contributed by atoms with Crippen LogP contribution in [0.3, 0.4) is 0 Å². The van der Waals surface area contributed by atoms with E-state index in [2.05, 4.69) is 5.32 Å². The minimum Gasteiger partial charge on any atom is -0.385 e. The van der Waals surface area contributed by atoms with E-state index in [1.54, 1.807) is 7.11 Å². The summed E-state index contributed by atoms with van der Waals surface area (Å²) in [6.45, 7) is 1.74. The molecule has 2 atom stereocenters. The first kappa shape index (κ1) is 16.8. The predicted octanol–water partition coefficient (Wildman–Crippen LogP) is 4.06. The number of carbonyl (C=O) groups excluding carboxylic acids is 1. The summed E-state index contributed by atoms with van der Waals surface area (Å²) in [4.78, 5) is 12.1. The van der Waals surface area contributed by atoms with Gasteiger partial charge in [0.15, 0.2) is 0 Å². The average molecular weight is 295 g/mol. The Morgan fingerprint density at radius 3 is 2.81 bits per heavy atom. The molecule has 0 aliphatic heterocycles. The van der Waals surface area contributed by atoms with Gasteiger partial charge in [-0.3, -0.25) is 4.79 Å². The number of amides is 1. The summed E-state index contributed by atoms with van der Waals surface area (Å²) in [7, 11) is 1.76. The Balaban J connectivity index is 1.50. The number of rotatable bonds is 10. The third-order valence-corrected chi connectivity index (χ3v) is 5.51. The molecule has 122 valence electrons. The largest absolute Gasteiger partial charge is 0.385 e. The van der Waals surface area contributed by atoms with Gasteiger partial charge in [0.1, 0.15) is 0 Å². The highest BCUT2D eigenvalue weighted by Crippen LogP contribution is 2.53. The second-order valence-electron chi connectivity index (χ2n) is 7.29. The number of methoxy groups -OCH3 is 1. The van der Waals surface area contributed by atoms with Gasteiger partial charge in [-0.15, -0.1) is 0 Å². The molecule has 21 heavy (non-hydrogen) atoms. The van der Waals surface area contributed by atoms with Gasteiger partial charge >= 0.3 is 0 Å². The van der Waals surface area contributed by atoms with E-state index in [1.807, 2.05) is 0 Å². The number of hydrogen-bond acceptors (Lipinski definition) is 2. The van der Waals surface area contributed by atoms with Crippen molar-refractivity contribution in [3.8, 4) is 0 Å². The Morgan fingerprint density at radius 1 is 1.14 bits per heavy atom. The van der Waals surface area contributed by atoms with Crippen molar-refractivity contribution in [2.75, 3.05) is 20.3 Å². The fourth-order valence-electron chi connectivity index (χ4n) is 4.35. The number of carbonyl (C=O) groups is 1. The molecule has 0 aromatic carbocycles. The van der Waals surface area contributed by atoms with Crippen LogP contribution in [0, 0.1) is 11.3 Å². The summed E-state index contributed by atoms with van der Waals surface area (Å²) in [5, 5.41) is 3.15. The van der Waals surface area contributed by atoms with Crippen LogP contribution >= 0.6 is 0 Å². The van der Waals surface area contributed by atoms with Gasteiger partial charge in [0, 0.05) is 26.7 Å². The smallest absolute Gasteiger partial charge is 0.220 e. The lowest BCUT2D eigenvalue weighted by molar-refractivity contribution is -0.123. The highest BCUT2D eigenvalue weighted by Gasteiger charge is 2.42. The van der Waals surface area contributed by atoms with Crippen molar-refractivity contribution in [3.63, 3.8) is 0 Å². The van der Waals surface area contributed by atoms with Crippen molar-refractivity contribution in [1.29, 1.82) is 0 Å². The highest BCUT2D eigenvalue weighted by molar-refractivity contribution is 5.76. The topological polar surface area (TPSA) is 38.3 Å². The minimum atomic E-state index is 0.303. The molecule has 2 rings (SSSR count). The number of nitrogens with one attached hydrogen (secondary N) is 1. The van der Waals surface area contributed by atoms with Crippen LogP contribution < -0.4 is 5.32 Å². The Labute approximate surface area is 130 Å². The lowest BCUT2D eigenvalue weighted by atomic mass is 9.73. The van der Waals surface area contributed by atoms with Crippen LogP contribution in [0.1, 0.15) is 77.0 Å². The van der Waals surface area contributed by atoms with Crippen LogP contribution in [0.15, 0.2) is 0 Å². The first-order valence-corrected chi connectivity index (χ1v) is 9.00. The van der Waals surface area contributed by atoms with Crippen LogP contribution in [0.5, 0.6) is 0 Å². The van der Waals surface area contributed by atoms with Gasteiger partial charge in [0.2, 0.25) is 5.91 Å². The molecule has 1 amide bonds. The van der Waals surface area contributed by atoms with Gasteiger partial charge in [-0.05, 0) is 49.9 Å². The second kappa shape index (κ2) is 8.77. The van der Waals surface area contributed by atoms with Gasteiger partial charge in [0.05, 0.1) is 0 Å². The molecule has 3 heteroatoms. The summed E-state index contributed by atoms with van der Waals surface area (Å²) in [6, 6.07) is 0. The first-order chi connectivity index (χ1) is 10.2. The zero-order chi connectivity index (χ0) is 15.0. The fraction of sp³-hybridized carbons (Fsp3) is 0.944. The van der Waals surface area contributed by atoms with Crippen molar-refractivity contribution >= 4 is 5.91 Å². The summed E-state index contributed by atoms with van der Waals surface area (Å²) in [5.41, 5.74) is 0.382. The maximum absolute atomic E-state index is 12.1. The molecular formula is C18H33NO2. The summed E-state index contributed by atoms with van der Waals surface area (Å²) >= 11 is 0. The Hall–Kier alpha value is -0.570. The Bertz CT molecular complexity index is 314. The maximum atomic E-state index is 12.1. The van der Waals surface area contributed by atoms with E-state index in [9.17, 15) is 4.79 Å². The standard InChI is InChI=1S/C18H33NO2/c1-21-13-6-4-2-3-5-12-19-17(20)15-18-10-7-8-16(14-18)9-11-18/h16H,2-15H2,1H3,(H,19,20). The van der Waals surface area contributed by atoms with E-state index in [4.69, 9.17) is 4.74 Å². The molecule has 0 radical (unpaired) electrons. The molecule has 2 aliphatic carbocycles. The van der Waals surface area contributed by atoms with E-state index < -0.39 is 0 Å². The molecule has 0 saturated heterocycles. The first-order valence-electron chi connectivity index (χ1n) is 9.00. The van der Waals surface area contributed by atoms with Crippen LogP contribution in [-0.4, -0.2) is 26.2 Å². The van der Waals surface area contributed by atoms with Crippen LogP contribution in [0.25, 0.3) is 0 Å². The zero-order valence-corrected chi connectivity index (χ0v) is 13.8. The Morgan fingerprint density at radius 2 is 1.95 bits per heavy atom. The minimum absolute atomic E-state index is 0.303. The second-order valence-corrected chi connectivity index (χ2v) is 7.29. The van der Waals surface area contributed by atoms with Crippen molar-refractivity contribution in [3.05, 3.63) is 0 Å². The molecule has 0 aromatic rings. The van der Waals surface area contributed by atoms with Gasteiger partial charge in [-0.25, -0.2) is 0 Å². The molecule has 0 spiro atoms. The SMILES string of the molecule is COCCCCCCCNC(=O)CC12CCCC(CC1)C2. The molecule has 2 bridgehead atoms. The molecule has 0 heterocycles. The summed E-state index contributed by atoms with van der Waals surface area (Å²) in [6.07, 6.45) is 14.8. The number of hydrogen-bond donors (Lipinski definition) is 1. The summed E-state index contributed by atoms with van der Waals surface area (Å²) < 4.78 is 5.04. The molecule has 0 aromatic heterocycles. The van der Waals surface area contributed by atoms with Crippen molar-refractivity contribution in [1.82, 2.24) is 5.32 Å². The van der Waals surface area contributed by atoms with E-state index in [-0.39, 0.29) is 0 Å². The molecule has 2 unspecified atom stereocenters. The van der Waals surface area contributed by atoms with Crippen LogP contribution in [0.4, 0.5) is 0 Å².